The Hall–Kier alpha value is -2.12. The number of carbonyl (C=O) groups excluding carboxylic acids is 1. The maximum Gasteiger partial charge on any atom is 0.323 e. The Kier molecular flexibility index (Phi) is 4.77. The van der Waals surface area contributed by atoms with Crippen molar-refractivity contribution < 1.29 is 9.53 Å². The quantitative estimate of drug-likeness (QED) is 0.840. The van der Waals surface area contributed by atoms with Crippen LogP contribution in [0.2, 0.25) is 0 Å². The molecule has 0 radical (unpaired) electrons. The van der Waals surface area contributed by atoms with Crippen LogP contribution in [-0.2, 0) is 4.79 Å². The zero-order valence-electron chi connectivity index (χ0n) is 13.0. The molecule has 0 bridgehead atoms. The number of rotatable bonds is 5. The zero-order valence-corrected chi connectivity index (χ0v) is 13.0. The molecule has 1 aliphatic rings. The molecule has 21 heavy (non-hydrogen) atoms. The summed E-state index contributed by atoms with van der Waals surface area (Å²) in [5, 5.41) is 3.06. The predicted molar refractivity (Wildman–Crippen MR) is 79.6 cm³/mol. The lowest BCUT2D eigenvalue weighted by Crippen LogP contribution is -2.49. The second-order valence-electron chi connectivity index (χ2n) is 5.18. The van der Waals surface area contributed by atoms with E-state index in [9.17, 15) is 4.79 Å². The molecule has 1 aliphatic heterocycles. The lowest BCUT2D eigenvalue weighted by atomic mass is 10.3. The molecule has 8 heteroatoms. The van der Waals surface area contributed by atoms with Crippen LogP contribution in [0.25, 0.3) is 0 Å². The standard InChI is InChI=1S/C13H22N6O2/c1-5-14-11-15-12(17-13(16-11)21-9(2)3)19-7-6-18(4)10(20)8-19/h9H,5-8H2,1-4H3,(H,14,15,16,17). The van der Waals surface area contributed by atoms with Gasteiger partial charge in [-0.1, -0.05) is 0 Å². The first-order valence-electron chi connectivity index (χ1n) is 7.15. The first-order valence-corrected chi connectivity index (χ1v) is 7.15. The van der Waals surface area contributed by atoms with Gasteiger partial charge in [0.2, 0.25) is 17.8 Å². The van der Waals surface area contributed by atoms with Crippen LogP contribution in [0.15, 0.2) is 0 Å². The van der Waals surface area contributed by atoms with Crippen LogP contribution in [0, 0.1) is 0 Å². The van der Waals surface area contributed by atoms with Crippen molar-refractivity contribution in [2.24, 2.45) is 0 Å². The Bertz CT molecular complexity index is 507. The number of hydrogen-bond acceptors (Lipinski definition) is 7. The summed E-state index contributed by atoms with van der Waals surface area (Å²) in [5.41, 5.74) is 0. The van der Waals surface area contributed by atoms with Gasteiger partial charge < -0.3 is 19.9 Å². The van der Waals surface area contributed by atoms with Gasteiger partial charge in [0.15, 0.2) is 0 Å². The molecule has 1 aromatic heterocycles. The Morgan fingerprint density at radius 2 is 2.05 bits per heavy atom. The fourth-order valence-electron chi connectivity index (χ4n) is 1.92. The van der Waals surface area contributed by atoms with Crippen molar-refractivity contribution in [3.8, 4) is 6.01 Å². The Balaban J connectivity index is 2.24. The number of carbonyl (C=O) groups is 1. The molecule has 0 atom stereocenters. The summed E-state index contributed by atoms with van der Waals surface area (Å²) in [6.45, 7) is 8.11. The van der Waals surface area contributed by atoms with E-state index >= 15 is 0 Å². The normalized spacial score (nSPS) is 15.6. The number of hydrogen-bond donors (Lipinski definition) is 1. The zero-order chi connectivity index (χ0) is 15.4. The molecule has 1 saturated heterocycles. The Morgan fingerprint density at radius 1 is 1.29 bits per heavy atom. The summed E-state index contributed by atoms with van der Waals surface area (Å²) in [5.74, 6) is 0.987. The van der Waals surface area contributed by atoms with Crippen LogP contribution >= 0.6 is 0 Å². The van der Waals surface area contributed by atoms with Gasteiger partial charge in [-0.2, -0.15) is 15.0 Å². The smallest absolute Gasteiger partial charge is 0.323 e. The average molecular weight is 294 g/mol. The summed E-state index contributed by atoms with van der Waals surface area (Å²) in [6.07, 6.45) is -0.0242. The first kappa shape index (κ1) is 15.3. The molecule has 8 nitrogen and oxygen atoms in total. The van der Waals surface area contributed by atoms with Crippen molar-refractivity contribution in [2.45, 2.75) is 26.9 Å². The van der Waals surface area contributed by atoms with Crippen LogP contribution in [0.1, 0.15) is 20.8 Å². The molecule has 0 unspecified atom stereocenters. The molecule has 0 saturated carbocycles. The Morgan fingerprint density at radius 3 is 2.67 bits per heavy atom. The lowest BCUT2D eigenvalue weighted by Gasteiger charge is -2.32. The fraction of sp³-hybridized carbons (Fsp3) is 0.692. The van der Waals surface area contributed by atoms with Gasteiger partial charge in [0.25, 0.3) is 0 Å². The van der Waals surface area contributed by atoms with E-state index in [0.717, 1.165) is 0 Å². The minimum atomic E-state index is -0.0242. The SMILES string of the molecule is CCNc1nc(OC(C)C)nc(N2CCN(C)C(=O)C2)n1. The van der Waals surface area contributed by atoms with E-state index in [1.165, 1.54) is 0 Å². The van der Waals surface area contributed by atoms with Gasteiger partial charge in [0.1, 0.15) is 0 Å². The maximum atomic E-state index is 11.8. The molecule has 1 fully saturated rings. The van der Waals surface area contributed by atoms with Crippen molar-refractivity contribution in [1.29, 1.82) is 0 Å². The maximum absolute atomic E-state index is 11.8. The summed E-state index contributed by atoms with van der Waals surface area (Å²) in [4.78, 5) is 28.2. The van der Waals surface area contributed by atoms with Crippen molar-refractivity contribution in [1.82, 2.24) is 19.9 Å². The molecule has 2 heterocycles. The van der Waals surface area contributed by atoms with Crippen molar-refractivity contribution >= 4 is 17.8 Å². The molecule has 0 spiro atoms. The van der Waals surface area contributed by atoms with E-state index in [1.54, 1.807) is 11.9 Å². The van der Waals surface area contributed by atoms with Gasteiger partial charge in [-0.05, 0) is 20.8 Å². The van der Waals surface area contributed by atoms with E-state index in [1.807, 2.05) is 25.7 Å². The highest BCUT2D eigenvalue weighted by Crippen LogP contribution is 2.17. The first-order chi connectivity index (χ1) is 9.99. The molecule has 0 aliphatic carbocycles. The largest absolute Gasteiger partial charge is 0.461 e. The van der Waals surface area contributed by atoms with E-state index in [0.29, 0.717) is 31.5 Å². The summed E-state index contributed by atoms with van der Waals surface area (Å²) in [7, 11) is 1.80. The van der Waals surface area contributed by atoms with Gasteiger partial charge >= 0.3 is 6.01 Å². The minimum absolute atomic E-state index is 0.0242. The number of anilines is 2. The molecular formula is C13H22N6O2. The van der Waals surface area contributed by atoms with Gasteiger partial charge in [-0.3, -0.25) is 4.79 Å². The van der Waals surface area contributed by atoms with E-state index < -0.39 is 0 Å². The molecule has 2 rings (SSSR count). The van der Waals surface area contributed by atoms with E-state index in [2.05, 4.69) is 20.3 Å². The molecule has 1 aromatic rings. The second-order valence-corrected chi connectivity index (χ2v) is 5.18. The highest BCUT2D eigenvalue weighted by molar-refractivity contribution is 5.81. The molecule has 1 N–H and O–H groups in total. The van der Waals surface area contributed by atoms with Crippen LogP contribution in [-0.4, -0.2) is 65.1 Å². The molecular weight excluding hydrogens is 272 g/mol. The average Bonchev–Trinajstić information content (AvgIpc) is 2.41. The van der Waals surface area contributed by atoms with Gasteiger partial charge in [0.05, 0.1) is 12.6 Å². The number of piperazine rings is 1. The monoisotopic (exact) mass is 294 g/mol. The second kappa shape index (κ2) is 6.55. The third-order valence-electron chi connectivity index (χ3n) is 3.02. The minimum Gasteiger partial charge on any atom is -0.461 e. The van der Waals surface area contributed by atoms with Crippen LogP contribution < -0.4 is 15.0 Å². The van der Waals surface area contributed by atoms with Gasteiger partial charge in [0, 0.05) is 26.7 Å². The fourth-order valence-corrected chi connectivity index (χ4v) is 1.92. The van der Waals surface area contributed by atoms with Crippen molar-refractivity contribution in [2.75, 3.05) is 43.4 Å². The molecule has 0 aromatic carbocycles. The third-order valence-corrected chi connectivity index (χ3v) is 3.02. The third kappa shape index (κ3) is 3.93. The van der Waals surface area contributed by atoms with Crippen molar-refractivity contribution in [3.63, 3.8) is 0 Å². The highest BCUT2D eigenvalue weighted by atomic mass is 16.5. The number of aromatic nitrogens is 3. The highest BCUT2D eigenvalue weighted by Gasteiger charge is 2.24. The number of likely N-dealkylation sites (N-methyl/N-ethyl adjacent to an activating group) is 1. The van der Waals surface area contributed by atoms with E-state index in [-0.39, 0.29) is 24.6 Å². The number of ether oxygens (including phenoxy) is 1. The summed E-state index contributed by atoms with van der Waals surface area (Å²) in [6, 6.07) is 0.275. The van der Waals surface area contributed by atoms with E-state index in [4.69, 9.17) is 4.74 Å². The van der Waals surface area contributed by atoms with Crippen LogP contribution in [0.4, 0.5) is 11.9 Å². The predicted octanol–water partition coefficient (Wildman–Crippen LogP) is 0.369. The van der Waals surface area contributed by atoms with Crippen molar-refractivity contribution in [3.05, 3.63) is 0 Å². The summed E-state index contributed by atoms with van der Waals surface area (Å²) >= 11 is 0. The lowest BCUT2D eigenvalue weighted by molar-refractivity contribution is -0.129. The number of nitrogens with zero attached hydrogens (tertiary/aromatic N) is 5. The molecule has 116 valence electrons. The molecule has 1 amide bonds. The summed E-state index contributed by atoms with van der Waals surface area (Å²) < 4.78 is 5.56. The Labute approximate surface area is 124 Å². The van der Waals surface area contributed by atoms with Crippen LogP contribution in [0.5, 0.6) is 6.01 Å². The van der Waals surface area contributed by atoms with Gasteiger partial charge in [-0.25, -0.2) is 0 Å². The van der Waals surface area contributed by atoms with Gasteiger partial charge in [-0.15, -0.1) is 0 Å². The topological polar surface area (TPSA) is 83.5 Å². The number of amides is 1. The number of nitrogens with one attached hydrogen (secondary N) is 1. The van der Waals surface area contributed by atoms with Crippen LogP contribution in [0.3, 0.4) is 0 Å².